The van der Waals surface area contributed by atoms with Gasteiger partial charge in [0.2, 0.25) is 0 Å². The van der Waals surface area contributed by atoms with Gasteiger partial charge in [0.25, 0.3) is 0 Å². The Kier molecular flexibility index (Phi) is 5.48. The summed E-state index contributed by atoms with van der Waals surface area (Å²) >= 11 is 0. The van der Waals surface area contributed by atoms with Gasteiger partial charge in [-0.25, -0.2) is 4.79 Å². The molecule has 0 spiro atoms. The van der Waals surface area contributed by atoms with E-state index in [0.717, 1.165) is 12.1 Å². The van der Waals surface area contributed by atoms with Crippen LogP contribution in [0.1, 0.15) is 12.0 Å². The largest absolute Gasteiger partial charge is 0.493 e. The van der Waals surface area contributed by atoms with Crippen molar-refractivity contribution >= 4 is 11.8 Å². The highest BCUT2D eigenvalue weighted by molar-refractivity contribution is 5.66. The van der Waals surface area contributed by atoms with Gasteiger partial charge in [-0.2, -0.15) is 13.2 Å². The molecule has 1 amide bonds. The van der Waals surface area contributed by atoms with Crippen molar-refractivity contribution in [2.24, 2.45) is 0 Å². The molecule has 0 saturated heterocycles. The van der Waals surface area contributed by atoms with Crippen molar-refractivity contribution in [3.63, 3.8) is 0 Å². The first-order valence-electron chi connectivity index (χ1n) is 5.78. The number of hydrogen-bond acceptors (Lipinski definition) is 4. The number of rotatable bonds is 5. The molecule has 112 valence electrons. The molecule has 0 aliphatic rings. The van der Waals surface area contributed by atoms with Crippen molar-refractivity contribution in [3.05, 3.63) is 23.8 Å². The zero-order valence-electron chi connectivity index (χ0n) is 10.8. The molecule has 0 radical (unpaired) electrons. The lowest BCUT2D eigenvalue weighted by Crippen LogP contribution is -2.20. The van der Waals surface area contributed by atoms with E-state index in [0.29, 0.717) is 0 Å². The lowest BCUT2D eigenvalue weighted by atomic mass is 10.1. The molecule has 0 atom stereocenters. The molecule has 0 fully saturated rings. The van der Waals surface area contributed by atoms with E-state index in [2.05, 4.69) is 10.1 Å². The fourth-order valence-corrected chi connectivity index (χ4v) is 1.37. The minimum atomic E-state index is -4.54. The number of halogens is 3. The molecule has 0 heterocycles. The summed E-state index contributed by atoms with van der Waals surface area (Å²) in [7, 11) is 1.41. The maximum absolute atomic E-state index is 12.7. The van der Waals surface area contributed by atoms with Crippen LogP contribution >= 0.6 is 0 Å². The highest BCUT2D eigenvalue weighted by Crippen LogP contribution is 2.37. The number of alkyl carbamates (subject to hydrolysis) is 1. The van der Waals surface area contributed by atoms with Crippen LogP contribution in [0.3, 0.4) is 0 Å². The minimum absolute atomic E-state index is 0.00706. The van der Waals surface area contributed by atoms with Crippen molar-refractivity contribution in [3.8, 4) is 5.75 Å². The average molecular weight is 292 g/mol. The van der Waals surface area contributed by atoms with Crippen LogP contribution in [0.25, 0.3) is 0 Å². The fourth-order valence-electron chi connectivity index (χ4n) is 1.37. The zero-order valence-corrected chi connectivity index (χ0v) is 10.8. The Labute approximate surface area is 113 Å². The normalized spacial score (nSPS) is 11.0. The Morgan fingerprint density at radius 3 is 2.65 bits per heavy atom. The molecule has 0 aliphatic carbocycles. The predicted molar refractivity (Wildman–Crippen MR) is 66.4 cm³/mol. The van der Waals surface area contributed by atoms with Crippen LogP contribution in [-0.2, 0) is 10.9 Å². The Morgan fingerprint density at radius 1 is 1.35 bits per heavy atom. The van der Waals surface area contributed by atoms with Gasteiger partial charge in [0, 0.05) is 19.2 Å². The number of anilines is 1. The second-order valence-corrected chi connectivity index (χ2v) is 3.84. The van der Waals surface area contributed by atoms with Gasteiger partial charge in [0.1, 0.15) is 5.75 Å². The Hall–Kier alpha value is -2.12. The summed E-state index contributed by atoms with van der Waals surface area (Å²) in [5.41, 5.74) is 4.41. The van der Waals surface area contributed by atoms with Crippen molar-refractivity contribution < 1.29 is 27.4 Å². The monoisotopic (exact) mass is 292 g/mol. The maximum Gasteiger partial charge on any atom is 0.420 e. The topological polar surface area (TPSA) is 73.6 Å². The van der Waals surface area contributed by atoms with Gasteiger partial charge in [-0.15, -0.1) is 0 Å². The quantitative estimate of drug-likeness (QED) is 0.645. The first kappa shape index (κ1) is 15.9. The van der Waals surface area contributed by atoms with Crippen molar-refractivity contribution in [1.29, 1.82) is 0 Å². The fraction of sp³-hybridized carbons (Fsp3) is 0.417. The van der Waals surface area contributed by atoms with Crippen molar-refractivity contribution in [1.82, 2.24) is 5.32 Å². The average Bonchev–Trinajstić information content (AvgIpc) is 2.38. The molecule has 0 aromatic heterocycles. The second kappa shape index (κ2) is 6.88. The number of hydrogen-bond donors (Lipinski definition) is 2. The van der Waals surface area contributed by atoms with E-state index >= 15 is 0 Å². The summed E-state index contributed by atoms with van der Waals surface area (Å²) in [5, 5.41) is 2.24. The lowest BCUT2D eigenvalue weighted by molar-refractivity contribution is -0.138. The predicted octanol–water partition coefficient (Wildman–Crippen LogP) is 2.41. The van der Waals surface area contributed by atoms with Crippen LogP contribution in [0, 0.1) is 0 Å². The SMILES string of the molecule is CNC(=O)OCCCOc1ccc(N)cc1C(F)(F)F. The summed E-state index contributed by atoms with van der Waals surface area (Å²) in [5.74, 6) is -0.299. The molecule has 3 N–H and O–H groups in total. The van der Waals surface area contributed by atoms with Crippen LogP contribution in [0.2, 0.25) is 0 Å². The number of carbonyl (C=O) groups is 1. The molecular weight excluding hydrogens is 277 g/mol. The molecule has 0 unspecified atom stereocenters. The van der Waals surface area contributed by atoms with Crippen LogP contribution in [-0.4, -0.2) is 26.4 Å². The molecule has 0 saturated carbocycles. The van der Waals surface area contributed by atoms with Crippen LogP contribution < -0.4 is 15.8 Å². The Bertz CT molecular complexity index is 464. The molecule has 1 aromatic rings. The Balaban J connectivity index is 2.54. The summed E-state index contributed by atoms with van der Waals surface area (Å²) in [6.07, 6.45) is -4.87. The number of alkyl halides is 3. The van der Waals surface area contributed by atoms with Gasteiger partial charge in [0.05, 0.1) is 18.8 Å². The van der Waals surface area contributed by atoms with Gasteiger partial charge in [-0.1, -0.05) is 0 Å². The minimum Gasteiger partial charge on any atom is -0.493 e. The molecule has 5 nitrogen and oxygen atoms in total. The summed E-state index contributed by atoms with van der Waals surface area (Å²) < 4.78 is 47.9. The van der Waals surface area contributed by atoms with E-state index in [1.165, 1.54) is 13.1 Å². The smallest absolute Gasteiger partial charge is 0.420 e. The van der Waals surface area contributed by atoms with Crippen LogP contribution in [0.15, 0.2) is 18.2 Å². The van der Waals surface area contributed by atoms with E-state index in [4.69, 9.17) is 10.5 Å². The molecule has 8 heteroatoms. The molecule has 20 heavy (non-hydrogen) atoms. The number of carbonyl (C=O) groups excluding carboxylic acids is 1. The number of benzene rings is 1. The summed E-state index contributed by atoms with van der Waals surface area (Å²) in [4.78, 5) is 10.7. The highest BCUT2D eigenvalue weighted by atomic mass is 19.4. The van der Waals surface area contributed by atoms with E-state index in [1.54, 1.807) is 0 Å². The first-order valence-corrected chi connectivity index (χ1v) is 5.78. The third-order valence-corrected chi connectivity index (χ3v) is 2.29. The van der Waals surface area contributed by atoms with E-state index < -0.39 is 17.8 Å². The second-order valence-electron chi connectivity index (χ2n) is 3.84. The third-order valence-electron chi connectivity index (χ3n) is 2.29. The number of ether oxygens (including phenoxy) is 2. The van der Waals surface area contributed by atoms with Crippen LogP contribution in [0.4, 0.5) is 23.7 Å². The molecule has 1 rings (SSSR count). The van der Waals surface area contributed by atoms with E-state index in [-0.39, 0.29) is 31.1 Å². The van der Waals surface area contributed by atoms with E-state index in [9.17, 15) is 18.0 Å². The van der Waals surface area contributed by atoms with Gasteiger partial charge in [-0.3, -0.25) is 0 Å². The van der Waals surface area contributed by atoms with Crippen molar-refractivity contribution in [2.75, 3.05) is 26.0 Å². The molecule has 0 bridgehead atoms. The summed E-state index contributed by atoms with van der Waals surface area (Å²) in [6, 6.07) is 3.31. The highest BCUT2D eigenvalue weighted by Gasteiger charge is 2.34. The van der Waals surface area contributed by atoms with Gasteiger partial charge in [-0.05, 0) is 18.2 Å². The standard InChI is InChI=1S/C12H15F3N2O3/c1-17-11(18)20-6-2-5-19-10-4-3-8(16)7-9(10)12(13,14)15/h3-4,7H,2,5-6,16H2,1H3,(H,17,18). The number of nitrogens with one attached hydrogen (secondary N) is 1. The van der Waals surface area contributed by atoms with Gasteiger partial charge in [0.15, 0.2) is 0 Å². The number of nitrogens with two attached hydrogens (primary N) is 1. The first-order chi connectivity index (χ1) is 9.34. The molecule has 0 aliphatic heterocycles. The van der Waals surface area contributed by atoms with Crippen molar-refractivity contribution in [2.45, 2.75) is 12.6 Å². The summed E-state index contributed by atoms with van der Waals surface area (Å²) in [6.45, 7) is 0.0417. The lowest BCUT2D eigenvalue weighted by Gasteiger charge is -2.14. The third kappa shape index (κ3) is 4.87. The molecular formula is C12H15F3N2O3. The van der Waals surface area contributed by atoms with Gasteiger partial charge >= 0.3 is 12.3 Å². The Morgan fingerprint density at radius 2 is 2.05 bits per heavy atom. The van der Waals surface area contributed by atoms with Crippen LogP contribution in [0.5, 0.6) is 5.75 Å². The zero-order chi connectivity index (χ0) is 15.2. The maximum atomic E-state index is 12.7. The number of nitrogen functional groups attached to an aromatic ring is 1. The molecule has 1 aromatic carbocycles. The number of amides is 1. The van der Waals surface area contributed by atoms with Gasteiger partial charge < -0.3 is 20.5 Å². The van der Waals surface area contributed by atoms with E-state index in [1.807, 2.05) is 0 Å².